The fourth-order valence-electron chi connectivity index (χ4n) is 2.96. The van der Waals surface area contributed by atoms with Crippen LogP contribution in [-0.4, -0.2) is 24.3 Å². The zero-order chi connectivity index (χ0) is 10.5. The molecule has 0 aromatic heterocycles. The first kappa shape index (κ1) is 9.64. The molecule has 3 aliphatic rings. The van der Waals surface area contributed by atoms with Crippen LogP contribution in [0.5, 0.6) is 0 Å². The highest BCUT2D eigenvalue weighted by Gasteiger charge is 2.57. The standard InChI is InChI=1S/C12H18O3/c13-11(14)12(4-9-3-10(9)5-12)7-15-6-8-1-2-8/h8-10H,1-7H2,(H,13,14). The van der Waals surface area contributed by atoms with E-state index in [1.807, 2.05) is 0 Å². The zero-order valence-corrected chi connectivity index (χ0v) is 8.95. The summed E-state index contributed by atoms with van der Waals surface area (Å²) in [4.78, 5) is 11.3. The molecule has 3 fully saturated rings. The molecule has 3 aliphatic carbocycles. The number of hydrogen-bond donors (Lipinski definition) is 1. The Hall–Kier alpha value is -0.570. The van der Waals surface area contributed by atoms with E-state index in [-0.39, 0.29) is 0 Å². The Morgan fingerprint density at radius 3 is 2.53 bits per heavy atom. The molecule has 1 N–H and O–H groups in total. The van der Waals surface area contributed by atoms with Crippen LogP contribution in [0, 0.1) is 23.2 Å². The molecule has 0 aromatic carbocycles. The van der Waals surface area contributed by atoms with Crippen LogP contribution in [0.4, 0.5) is 0 Å². The molecule has 0 radical (unpaired) electrons. The first-order valence-corrected chi connectivity index (χ1v) is 6.01. The van der Waals surface area contributed by atoms with Gasteiger partial charge in [0, 0.05) is 6.61 Å². The van der Waals surface area contributed by atoms with Crippen molar-refractivity contribution in [2.24, 2.45) is 23.2 Å². The summed E-state index contributed by atoms with van der Waals surface area (Å²) in [6.45, 7) is 1.23. The van der Waals surface area contributed by atoms with Gasteiger partial charge in [-0.05, 0) is 49.9 Å². The van der Waals surface area contributed by atoms with Gasteiger partial charge in [-0.25, -0.2) is 0 Å². The first-order valence-electron chi connectivity index (χ1n) is 6.01. The number of hydrogen-bond acceptors (Lipinski definition) is 2. The number of aliphatic carboxylic acids is 1. The summed E-state index contributed by atoms with van der Waals surface area (Å²) in [7, 11) is 0. The van der Waals surface area contributed by atoms with Gasteiger partial charge in [0.15, 0.2) is 0 Å². The van der Waals surface area contributed by atoms with E-state index in [9.17, 15) is 9.90 Å². The maximum absolute atomic E-state index is 11.3. The van der Waals surface area contributed by atoms with Crippen molar-refractivity contribution in [3.05, 3.63) is 0 Å². The molecule has 0 aromatic rings. The predicted molar refractivity (Wildman–Crippen MR) is 54.4 cm³/mol. The summed E-state index contributed by atoms with van der Waals surface area (Å²) in [6.07, 6.45) is 5.52. The molecular weight excluding hydrogens is 192 g/mol. The minimum Gasteiger partial charge on any atom is -0.481 e. The van der Waals surface area contributed by atoms with Crippen LogP contribution in [0.1, 0.15) is 32.1 Å². The second kappa shape index (κ2) is 3.21. The van der Waals surface area contributed by atoms with E-state index in [4.69, 9.17) is 4.74 Å². The van der Waals surface area contributed by atoms with Gasteiger partial charge in [-0.15, -0.1) is 0 Å². The van der Waals surface area contributed by atoms with Crippen molar-refractivity contribution in [3.8, 4) is 0 Å². The molecule has 3 rings (SSSR count). The van der Waals surface area contributed by atoms with E-state index < -0.39 is 11.4 Å². The molecule has 0 spiro atoms. The van der Waals surface area contributed by atoms with Crippen LogP contribution in [0.25, 0.3) is 0 Å². The number of fused-ring (bicyclic) bond motifs is 1. The van der Waals surface area contributed by atoms with Crippen LogP contribution in [-0.2, 0) is 9.53 Å². The van der Waals surface area contributed by atoms with Crippen molar-refractivity contribution in [1.29, 1.82) is 0 Å². The monoisotopic (exact) mass is 210 g/mol. The number of carboxylic acid groups (broad SMARTS) is 1. The van der Waals surface area contributed by atoms with Gasteiger partial charge in [-0.1, -0.05) is 0 Å². The Morgan fingerprint density at radius 2 is 2.00 bits per heavy atom. The summed E-state index contributed by atoms with van der Waals surface area (Å²) in [5, 5.41) is 9.30. The van der Waals surface area contributed by atoms with Crippen LogP contribution < -0.4 is 0 Å². The number of ether oxygens (including phenoxy) is 1. The SMILES string of the molecule is O=C(O)C1(COCC2CC2)CC2CC2C1. The third kappa shape index (κ3) is 1.78. The fourth-order valence-corrected chi connectivity index (χ4v) is 2.96. The molecule has 15 heavy (non-hydrogen) atoms. The molecule has 0 heterocycles. The fraction of sp³-hybridized carbons (Fsp3) is 0.917. The van der Waals surface area contributed by atoms with E-state index >= 15 is 0 Å². The number of carboxylic acids is 1. The summed E-state index contributed by atoms with van der Waals surface area (Å²) < 4.78 is 5.59. The largest absolute Gasteiger partial charge is 0.481 e. The first-order chi connectivity index (χ1) is 7.20. The maximum atomic E-state index is 11.3. The number of carbonyl (C=O) groups is 1. The Labute approximate surface area is 89.8 Å². The quantitative estimate of drug-likeness (QED) is 0.754. The van der Waals surface area contributed by atoms with Crippen molar-refractivity contribution < 1.29 is 14.6 Å². The lowest BCUT2D eigenvalue weighted by Gasteiger charge is -2.25. The smallest absolute Gasteiger partial charge is 0.312 e. The van der Waals surface area contributed by atoms with Gasteiger partial charge in [0.25, 0.3) is 0 Å². The van der Waals surface area contributed by atoms with Crippen LogP contribution in [0.15, 0.2) is 0 Å². The lowest BCUT2D eigenvalue weighted by molar-refractivity contribution is -0.153. The van der Waals surface area contributed by atoms with E-state index in [1.54, 1.807) is 0 Å². The molecule has 0 amide bonds. The Morgan fingerprint density at radius 1 is 1.33 bits per heavy atom. The van der Waals surface area contributed by atoms with Crippen LogP contribution in [0.2, 0.25) is 0 Å². The highest BCUT2D eigenvalue weighted by atomic mass is 16.5. The average molecular weight is 210 g/mol. The Balaban J connectivity index is 1.55. The van der Waals surface area contributed by atoms with Gasteiger partial charge in [0.2, 0.25) is 0 Å². The topological polar surface area (TPSA) is 46.5 Å². The van der Waals surface area contributed by atoms with E-state index in [1.165, 1.54) is 19.3 Å². The molecule has 84 valence electrons. The molecule has 3 heteroatoms. The van der Waals surface area contributed by atoms with Gasteiger partial charge in [0.05, 0.1) is 12.0 Å². The highest BCUT2D eigenvalue weighted by Crippen LogP contribution is 2.60. The van der Waals surface area contributed by atoms with Gasteiger partial charge in [0.1, 0.15) is 0 Å². The van der Waals surface area contributed by atoms with Crippen molar-refractivity contribution in [3.63, 3.8) is 0 Å². The molecule has 2 unspecified atom stereocenters. The summed E-state index contributed by atoms with van der Waals surface area (Å²) in [5.74, 6) is 1.49. The third-order valence-electron chi connectivity index (χ3n) is 4.26. The normalized spacial score (nSPS) is 42.7. The van der Waals surface area contributed by atoms with Gasteiger partial charge < -0.3 is 9.84 Å². The molecule has 0 saturated heterocycles. The summed E-state index contributed by atoms with van der Waals surface area (Å²) in [6, 6.07) is 0. The second-order valence-electron chi connectivity index (χ2n) is 5.71. The van der Waals surface area contributed by atoms with E-state index in [2.05, 4.69) is 0 Å². The minimum absolute atomic E-state index is 0.450. The molecule has 2 atom stereocenters. The van der Waals surface area contributed by atoms with Crippen LogP contribution in [0.3, 0.4) is 0 Å². The summed E-state index contributed by atoms with van der Waals surface area (Å²) >= 11 is 0. The minimum atomic E-state index is -0.634. The molecule has 0 aliphatic heterocycles. The van der Waals surface area contributed by atoms with Gasteiger partial charge >= 0.3 is 5.97 Å². The van der Waals surface area contributed by atoms with Gasteiger partial charge in [-0.3, -0.25) is 4.79 Å². The van der Waals surface area contributed by atoms with E-state index in [0.717, 1.165) is 25.4 Å². The number of rotatable bonds is 5. The Kier molecular flexibility index (Phi) is 2.06. The lowest BCUT2D eigenvalue weighted by atomic mass is 9.84. The van der Waals surface area contributed by atoms with Crippen molar-refractivity contribution in [2.45, 2.75) is 32.1 Å². The highest BCUT2D eigenvalue weighted by molar-refractivity contribution is 5.75. The van der Waals surface area contributed by atoms with Crippen molar-refractivity contribution in [2.75, 3.05) is 13.2 Å². The molecular formula is C12H18O3. The molecule has 3 nitrogen and oxygen atoms in total. The predicted octanol–water partition coefficient (Wildman–Crippen LogP) is 1.91. The van der Waals surface area contributed by atoms with Crippen molar-refractivity contribution >= 4 is 5.97 Å². The lowest BCUT2D eigenvalue weighted by Crippen LogP contribution is -2.34. The maximum Gasteiger partial charge on any atom is 0.312 e. The Bertz CT molecular complexity index is 273. The molecule has 3 saturated carbocycles. The second-order valence-corrected chi connectivity index (χ2v) is 5.71. The summed E-state index contributed by atoms with van der Waals surface area (Å²) in [5.41, 5.74) is -0.525. The third-order valence-corrected chi connectivity index (χ3v) is 4.26. The van der Waals surface area contributed by atoms with Crippen molar-refractivity contribution in [1.82, 2.24) is 0 Å². The van der Waals surface area contributed by atoms with Crippen LogP contribution >= 0.6 is 0 Å². The zero-order valence-electron chi connectivity index (χ0n) is 8.95. The van der Waals surface area contributed by atoms with E-state index in [0.29, 0.717) is 18.4 Å². The molecule has 0 bridgehead atoms. The van der Waals surface area contributed by atoms with Gasteiger partial charge in [-0.2, -0.15) is 0 Å². The average Bonchev–Trinajstić information content (AvgIpc) is 3.09.